The van der Waals surface area contributed by atoms with Crippen molar-refractivity contribution in [2.45, 2.75) is 25.8 Å². The lowest BCUT2D eigenvalue weighted by Gasteiger charge is -2.20. The summed E-state index contributed by atoms with van der Waals surface area (Å²) in [7, 11) is 0. The Labute approximate surface area is 187 Å². The van der Waals surface area contributed by atoms with Crippen molar-refractivity contribution in [3.8, 4) is 0 Å². The molecule has 0 saturated carbocycles. The highest BCUT2D eigenvalue weighted by molar-refractivity contribution is 7.98. The van der Waals surface area contributed by atoms with Crippen LogP contribution >= 0.6 is 23.4 Å². The molecule has 160 valence electrons. The fraction of sp³-hybridized carbons (Fsp3) is 0.391. The summed E-state index contributed by atoms with van der Waals surface area (Å²) in [6.07, 6.45) is 3.72. The number of thioether (sulfide) groups is 1. The van der Waals surface area contributed by atoms with Crippen molar-refractivity contribution in [3.63, 3.8) is 0 Å². The standard InChI is InChI=1S/C23H28ClN3O2S/c1-16-11-13-27(15-16)18-9-7-17(8-10-18)25-23(29)21(12-14-30-2)26-22(28)19-5-3-4-6-20(19)24/h3-10,16,21H,11-15H2,1-2H3,(H,25,29)(H,26,28). The van der Waals surface area contributed by atoms with Gasteiger partial charge >= 0.3 is 0 Å². The number of hydrogen-bond acceptors (Lipinski definition) is 4. The van der Waals surface area contributed by atoms with Crippen LogP contribution in [-0.2, 0) is 4.79 Å². The van der Waals surface area contributed by atoms with Gasteiger partial charge in [0, 0.05) is 24.5 Å². The highest BCUT2D eigenvalue weighted by atomic mass is 35.5. The van der Waals surface area contributed by atoms with E-state index >= 15 is 0 Å². The normalized spacial score (nSPS) is 16.9. The zero-order chi connectivity index (χ0) is 21.5. The first kappa shape index (κ1) is 22.5. The summed E-state index contributed by atoms with van der Waals surface area (Å²) < 4.78 is 0. The summed E-state index contributed by atoms with van der Waals surface area (Å²) in [6, 6.07) is 14.1. The van der Waals surface area contributed by atoms with Gasteiger partial charge in [0.1, 0.15) is 6.04 Å². The third-order valence-corrected chi connectivity index (χ3v) is 6.25. The first-order valence-corrected chi connectivity index (χ1v) is 12.0. The van der Waals surface area contributed by atoms with Gasteiger partial charge < -0.3 is 15.5 Å². The summed E-state index contributed by atoms with van der Waals surface area (Å²) in [5, 5.41) is 6.13. The van der Waals surface area contributed by atoms with E-state index in [9.17, 15) is 9.59 Å². The van der Waals surface area contributed by atoms with Crippen LogP contribution in [0.5, 0.6) is 0 Å². The fourth-order valence-electron chi connectivity index (χ4n) is 3.54. The highest BCUT2D eigenvalue weighted by Crippen LogP contribution is 2.25. The third kappa shape index (κ3) is 5.92. The van der Waals surface area contributed by atoms with Crippen molar-refractivity contribution in [2.75, 3.05) is 35.3 Å². The smallest absolute Gasteiger partial charge is 0.253 e. The minimum Gasteiger partial charge on any atom is -0.371 e. The van der Waals surface area contributed by atoms with Crippen molar-refractivity contribution in [2.24, 2.45) is 5.92 Å². The second-order valence-electron chi connectivity index (χ2n) is 7.66. The van der Waals surface area contributed by atoms with E-state index in [0.29, 0.717) is 22.9 Å². The number of amides is 2. The van der Waals surface area contributed by atoms with E-state index in [2.05, 4.69) is 22.5 Å². The van der Waals surface area contributed by atoms with Gasteiger partial charge in [-0.3, -0.25) is 9.59 Å². The molecule has 2 N–H and O–H groups in total. The monoisotopic (exact) mass is 445 g/mol. The van der Waals surface area contributed by atoms with Gasteiger partial charge in [-0.05, 0) is 67.2 Å². The Kier molecular flexibility index (Phi) is 8.05. The van der Waals surface area contributed by atoms with Gasteiger partial charge in [0.2, 0.25) is 5.91 Å². The summed E-state index contributed by atoms with van der Waals surface area (Å²) in [5.41, 5.74) is 2.26. The summed E-state index contributed by atoms with van der Waals surface area (Å²) in [5.74, 6) is 0.892. The second-order valence-corrected chi connectivity index (χ2v) is 9.06. The second kappa shape index (κ2) is 10.7. The van der Waals surface area contributed by atoms with E-state index in [1.807, 2.05) is 30.5 Å². The lowest BCUT2D eigenvalue weighted by Crippen LogP contribution is -2.44. The molecule has 3 rings (SSSR count). The van der Waals surface area contributed by atoms with E-state index in [4.69, 9.17) is 11.6 Å². The number of nitrogens with zero attached hydrogens (tertiary/aromatic N) is 1. The van der Waals surface area contributed by atoms with Crippen molar-refractivity contribution < 1.29 is 9.59 Å². The molecular weight excluding hydrogens is 418 g/mol. The largest absolute Gasteiger partial charge is 0.371 e. The molecule has 1 aliphatic rings. The molecule has 5 nitrogen and oxygen atoms in total. The molecule has 0 spiro atoms. The molecule has 0 aromatic heterocycles. The minimum atomic E-state index is -0.639. The highest BCUT2D eigenvalue weighted by Gasteiger charge is 2.23. The van der Waals surface area contributed by atoms with Crippen LogP contribution in [0.1, 0.15) is 30.1 Å². The maximum absolute atomic E-state index is 12.9. The number of nitrogens with one attached hydrogen (secondary N) is 2. The lowest BCUT2D eigenvalue weighted by atomic mass is 10.1. The number of benzene rings is 2. The van der Waals surface area contributed by atoms with Gasteiger partial charge in [0.05, 0.1) is 10.6 Å². The van der Waals surface area contributed by atoms with Crippen LogP contribution in [0.15, 0.2) is 48.5 Å². The molecule has 0 bridgehead atoms. The molecule has 1 aliphatic heterocycles. The molecule has 30 heavy (non-hydrogen) atoms. The van der Waals surface area contributed by atoms with Crippen LogP contribution in [0, 0.1) is 5.92 Å². The molecule has 2 aromatic carbocycles. The van der Waals surface area contributed by atoms with Crippen molar-refractivity contribution >= 4 is 46.6 Å². The van der Waals surface area contributed by atoms with Crippen LogP contribution in [0.3, 0.4) is 0 Å². The molecule has 0 aliphatic carbocycles. The number of carbonyl (C=O) groups excluding carboxylic acids is 2. The molecule has 1 heterocycles. The van der Waals surface area contributed by atoms with Crippen LogP contribution < -0.4 is 15.5 Å². The van der Waals surface area contributed by atoms with Crippen LogP contribution in [0.25, 0.3) is 0 Å². The molecule has 2 atom stereocenters. The number of anilines is 2. The van der Waals surface area contributed by atoms with E-state index in [-0.39, 0.29) is 11.8 Å². The zero-order valence-electron chi connectivity index (χ0n) is 17.4. The Morgan fingerprint density at radius 2 is 1.93 bits per heavy atom. The Morgan fingerprint density at radius 3 is 2.57 bits per heavy atom. The van der Waals surface area contributed by atoms with E-state index in [1.54, 1.807) is 36.0 Å². The average Bonchev–Trinajstić information content (AvgIpc) is 3.18. The minimum absolute atomic E-state index is 0.230. The Hall–Kier alpha value is -2.18. The lowest BCUT2D eigenvalue weighted by molar-refractivity contribution is -0.118. The predicted molar refractivity (Wildman–Crippen MR) is 127 cm³/mol. The van der Waals surface area contributed by atoms with Crippen LogP contribution in [0.2, 0.25) is 5.02 Å². The van der Waals surface area contributed by atoms with E-state index < -0.39 is 6.04 Å². The average molecular weight is 446 g/mol. The Bertz CT molecular complexity index is 875. The Morgan fingerprint density at radius 1 is 1.20 bits per heavy atom. The van der Waals surface area contributed by atoms with Gasteiger partial charge in [0.25, 0.3) is 5.91 Å². The zero-order valence-corrected chi connectivity index (χ0v) is 18.9. The third-order valence-electron chi connectivity index (χ3n) is 5.27. The first-order chi connectivity index (χ1) is 14.5. The van der Waals surface area contributed by atoms with Crippen LogP contribution in [0.4, 0.5) is 11.4 Å². The SMILES string of the molecule is CSCCC(NC(=O)c1ccccc1Cl)C(=O)Nc1ccc(N2CCC(C)C2)cc1. The molecule has 0 radical (unpaired) electrons. The maximum Gasteiger partial charge on any atom is 0.253 e. The van der Waals surface area contributed by atoms with E-state index in [0.717, 1.165) is 24.5 Å². The topological polar surface area (TPSA) is 61.4 Å². The van der Waals surface area contributed by atoms with Gasteiger partial charge in [-0.25, -0.2) is 0 Å². The predicted octanol–water partition coefficient (Wildman–Crippen LogP) is 4.68. The van der Waals surface area contributed by atoms with Crippen LogP contribution in [-0.4, -0.2) is 43.0 Å². The molecule has 2 amide bonds. The number of halogens is 1. The fourth-order valence-corrected chi connectivity index (χ4v) is 4.23. The van der Waals surface area contributed by atoms with E-state index in [1.165, 1.54) is 12.1 Å². The Balaban J connectivity index is 1.64. The maximum atomic E-state index is 12.9. The number of carbonyl (C=O) groups is 2. The van der Waals surface area contributed by atoms with Crippen molar-refractivity contribution in [3.05, 3.63) is 59.1 Å². The van der Waals surface area contributed by atoms with Gasteiger partial charge in [0.15, 0.2) is 0 Å². The molecule has 1 saturated heterocycles. The summed E-state index contributed by atoms with van der Waals surface area (Å²) in [4.78, 5) is 27.9. The van der Waals surface area contributed by atoms with Gasteiger partial charge in [-0.2, -0.15) is 11.8 Å². The number of rotatable bonds is 8. The summed E-state index contributed by atoms with van der Waals surface area (Å²) in [6.45, 7) is 4.40. The van der Waals surface area contributed by atoms with Crippen molar-refractivity contribution in [1.82, 2.24) is 5.32 Å². The molecule has 7 heteroatoms. The molecular formula is C23H28ClN3O2S. The molecule has 2 unspecified atom stereocenters. The van der Waals surface area contributed by atoms with Crippen molar-refractivity contribution in [1.29, 1.82) is 0 Å². The van der Waals surface area contributed by atoms with Gasteiger partial charge in [-0.1, -0.05) is 30.7 Å². The summed E-state index contributed by atoms with van der Waals surface area (Å²) >= 11 is 7.76. The molecule has 1 fully saturated rings. The molecule has 2 aromatic rings. The quantitative estimate of drug-likeness (QED) is 0.619. The first-order valence-electron chi connectivity index (χ1n) is 10.2. The van der Waals surface area contributed by atoms with Gasteiger partial charge in [-0.15, -0.1) is 0 Å². The number of hydrogen-bond donors (Lipinski definition) is 2.